The molecule has 0 aliphatic carbocycles. The molecule has 3 rings (SSSR count). The number of guanidine groups is 1. The first-order chi connectivity index (χ1) is 14.2. The molecule has 1 aliphatic rings. The number of thiophene rings is 1. The smallest absolute Gasteiger partial charge is 0.191 e. The highest BCUT2D eigenvalue weighted by Gasteiger charge is 2.15. The van der Waals surface area contributed by atoms with Gasteiger partial charge in [0.2, 0.25) is 0 Å². The fourth-order valence-electron chi connectivity index (χ4n) is 3.76. The molecule has 0 amide bonds. The summed E-state index contributed by atoms with van der Waals surface area (Å²) in [5.41, 5.74) is 2.68. The Labute approximate surface area is 203 Å². The summed E-state index contributed by atoms with van der Waals surface area (Å²) in [5.74, 6) is 0.839. The van der Waals surface area contributed by atoms with E-state index in [1.165, 1.54) is 48.4 Å². The van der Waals surface area contributed by atoms with Gasteiger partial charge in [-0.1, -0.05) is 36.8 Å². The number of nitrogens with one attached hydrogen (secondary N) is 2. The molecule has 1 fully saturated rings. The molecule has 1 saturated heterocycles. The monoisotopic (exact) mass is 541 g/mol. The summed E-state index contributed by atoms with van der Waals surface area (Å²) in [5, 5.41) is 9.04. The number of hydrogen-bond acceptors (Lipinski definition) is 4. The Kier molecular flexibility index (Phi) is 11.1. The maximum atomic E-state index is 4.38. The van der Waals surface area contributed by atoms with Crippen molar-refractivity contribution >= 4 is 41.3 Å². The summed E-state index contributed by atoms with van der Waals surface area (Å²) in [6.07, 6.45) is 4.07. The van der Waals surface area contributed by atoms with Crippen LogP contribution >= 0.6 is 35.3 Å². The van der Waals surface area contributed by atoms with Gasteiger partial charge >= 0.3 is 0 Å². The Bertz CT molecular complexity index is 739. The van der Waals surface area contributed by atoms with Gasteiger partial charge in [0.1, 0.15) is 0 Å². The fraction of sp³-hybridized carbons (Fsp3) is 0.522. The van der Waals surface area contributed by atoms with E-state index >= 15 is 0 Å². The van der Waals surface area contributed by atoms with Crippen molar-refractivity contribution in [2.75, 3.05) is 40.8 Å². The van der Waals surface area contributed by atoms with Crippen molar-refractivity contribution in [3.63, 3.8) is 0 Å². The van der Waals surface area contributed by atoms with E-state index in [9.17, 15) is 0 Å². The van der Waals surface area contributed by atoms with Crippen LogP contribution in [-0.2, 0) is 13.1 Å². The molecular weight excluding hydrogens is 505 g/mol. The molecule has 166 valence electrons. The number of rotatable bonds is 8. The molecule has 30 heavy (non-hydrogen) atoms. The Balaban J connectivity index is 0.00000320. The Morgan fingerprint density at radius 3 is 2.37 bits per heavy atom. The van der Waals surface area contributed by atoms with Crippen LogP contribution < -0.4 is 10.6 Å². The third-order valence-corrected chi connectivity index (χ3v) is 6.49. The number of likely N-dealkylation sites (N-methyl/N-ethyl adjacent to an activating group) is 1. The van der Waals surface area contributed by atoms with Gasteiger partial charge in [-0.2, -0.15) is 0 Å². The van der Waals surface area contributed by atoms with Crippen molar-refractivity contribution < 1.29 is 0 Å². The topological polar surface area (TPSA) is 42.9 Å². The third kappa shape index (κ3) is 7.83. The molecule has 0 saturated carbocycles. The quantitative estimate of drug-likeness (QED) is 0.297. The van der Waals surface area contributed by atoms with Gasteiger partial charge in [0, 0.05) is 31.6 Å². The highest BCUT2D eigenvalue weighted by molar-refractivity contribution is 14.0. The van der Waals surface area contributed by atoms with Crippen molar-refractivity contribution in [2.45, 2.75) is 38.4 Å². The summed E-state index contributed by atoms with van der Waals surface area (Å²) in [6, 6.07) is 13.6. The molecule has 1 aromatic heterocycles. The Morgan fingerprint density at radius 1 is 1.07 bits per heavy atom. The second kappa shape index (κ2) is 13.3. The van der Waals surface area contributed by atoms with Gasteiger partial charge in [0.15, 0.2) is 5.96 Å². The van der Waals surface area contributed by atoms with Gasteiger partial charge in [-0.25, -0.2) is 0 Å². The zero-order valence-corrected chi connectivity index (χ0v) is 21.6. The van der Waals surface area contributed by atoms with Crippen LogP contribution in [0.3, 0.4) is 0 Å². The summed E-state index contributed by atoms with van der Waals surface area (Å²) in [4.78, 5) is 10.6. The average Bonchev–Trinajstić information content (AvgIpc) is 3.26. The molecule has 1 unspecified atom stereocenters. The van der Waals surface area contributed by atoms with Gasteiger partial charge < -0.3 is 15.5 Å². The molecule has 7 heteroatoms. The lowest BCUT2D eigenvalue weighted by Crippen LogP contribution is -2.41. The SMILES string of the molecule is CN=C(NCc1ccc(CN2CCCCC2)cc1)NCC(c1cccs1)N(C)C.I. The highest BCUT2D eigenvalue weighted by atomic mass is 127. The van der Waals surface area contributed by atoms with Crippen LogP contribution in [0.15, 0.2) is 46.8 Å². The maximum absolute atomic E-state index is 4.38. The minimum Gasteiger partial charge on any atom is -0.354 e. The first-order valence-electron chi connectivity index (χ1n) is 10.6. The second-order valence-electron chi connectivity index (χ2n) is 7.95. The van der Waals surface area contributed by atoms with E-state index in [1.54, 1.807) is 11.3 Å². The second-order valence-corrected chi connectivity index (χ2v) is 8.93. The van der Waals surface area contributed by atoms with E-state index in [2.05, 4.69) is 81.3 Å². The minimum absolute atomic E-state index is 0. The maximum Gasteiger partial charge on any atom is 0.191 e. The molecule has 5 nitrogen and oxygen atoms in total. The molecule has 1 aromatic carbocycles. The fourth-order valence-corrected chi connectivity index (χ4v) is 4.68. The van der Waals surface area contributed by atoms with E-state index in [1.807, 2.05) is 7.05 Å². The number of halogens is 1. The van der Waals surface area contributed by atoms with Crippen LogP contribution in [0.1, 0.15) is 41.3 Å². The van der Waals surface area contributed by atoms with Crippen LogP contribution in [0.4, 0.5) is 0 Å². The lowest BCUT2D eigenvalue weighted by atomic mass is 10.1. The lowest BCUT2D eigenvalue weighted by molar-refractivity contribution is 0.221. The van der Waals surface area contributed by atoms with Crippen molar-refractivity contribution in [3.05, 3.63) is 57.8 Å². The van der Waals surface area contributed by atoms with E-state index in [0.717, 1.165) is 25.6 Å². The van der Waals surface area contributed by atoms with Crippen LogP contribution in [0, 0.1) is 0 Å². The van der Waals surface area contributed by atoms with Crippen molar-refractivity contribution in [2.24, 2.45) is 4.99 Å². The molecule has 0 spiro atoms. The van der Waals surface area contributed by atoms with E-state index < -0.39 is 0 Å². The van der Waals surface area contributed by atoms with Crippen LogP contribution in [0.5, 0.6) is 0 Å². The number of aliphatic imine (C=N–C) groups is 1. The van der Waals surface area contributed by atoms with Gasteiger partial charge in [-0.3, -0.25) is 9.89 Å². The zero-order chi connectivity index (χ0) is 20.5. The zero-order valence-electron chi connectivity index (χ0n) is 18.4. The number of hydrogen-bond donors (Lipinski definition) is 2. The number of benzene rings is 1. The normalized spacial score (nSPS) is 16.2. The summed E-state index contributed by atoms with van der Waals surface area (Å²) >= 11 is 1.80. The van der Waals surface area contributed by atoms with Gasteiger partial charge in [-0.15, -0.1) is 35.3 Å². The number of likely N-dealkylation sites (tertiary alicyclic amines) is 1. The van der Waals surface area contributed by atoms with Gasteiger partial charge in [-0.05, 0) is 62.6 Å². The highest BCUT2D eigenvalue weighted by Crippen LogP contribution is 2.22. The van der Waals surface area contributed by atoms with E-state index in [0.29, 0.717) is 6.04 Å². The molecule has 1 atom stereocenters. The van der Waals surface area contributed by atoms with E-state index in [4.69, 9.17) is 0 Å². The van der Waals surface area contributed by atoms with E-state index in [-0.39, 0.29) is 24.0 Å². The van der Waals surface area contributed by atoms with Gasteiger partial charge in [0.05, 0.1) is 6.04 Å². The Hall–Kier alpha value is -1.16. The van der Waals surface area contributed by atoms with Crippen LogP contribution in [-0.4, -0.2) is 56.5 Å². The molecule has 2 heterocycles. The number of nitrogens with zero attached hydrogens (tertiary/aromatic N) is 3. The first kappa shape index (κ1) is 25.1. The summed E-state index contributed by atoms with van der Waals surface area (Å²) < 4.78 is 0. The largest absolute Gasteiger partial charge is 0.354 e. The molecule has 0 radical (unpaired) electrons. The predicted molar refractivity (Wildman–Crippen MR) is 140 cm³/mol. The lowest BCUT2D eigenvalue weighted by Gasteiger charge is -2.26. The van der Waals surface area contributed by atoms with Gasteiger partial charge in [0.25, 0.3) is 0 Å². The number of piperidine rings is 1. The average molecular weight is 542 g/mol. The molecule has 0 bridgehead atoms. The predicted octanol–water partition coefficient (Wildman–Crippen LogP) is 4.32. The molecule has 2 aromatic rings. The summed E-state index contributed by atoms with van der Waals surface area (Å²) in [6.45, 7) is 5.15. The van der Waals surface area contributed by atoms with Crippen LogP contribution in [0.25, 0.3) is 0 Å². The first-order valence-corrected chi connectivity index (χ1v) is 11.5. The van der Waals surface area contributed by atoms with Crippen LogP contribution in [0.2, 0.25) is 0 Å². The molecular formula is C23H36IN5S. The van der Waals surface area contributed by atoms with Crippen molar-refractivity contribution in [1.82, 2.24) is 20.4 Å². The van der Waals surface area contributed by atoms with Crippen molar-refractivity contribution in [1.29, 1.82) is 0 Å². The van der Waals surface area contributed by atoms with Crippen molar-refractivity contribution in [3.8, 4) is 0 Å². The Morgan fingerprint density at radius 2 is 1.77 bits per heavy atom. The summed E-state index contributed by atoms with van der Waals surface area (Å²) in [7, 11) is 6.06. The third-order valence-electron chi connectivity index (χ3n) is 5.52. The molecule has 1 aliphatic heterocycles. The standard InChI is InChI=1S/C23H35N5S.HI/c1-24-23(26-17-21(27(2)3)22-8-7-15-29-22)25-16-19-9-11-20(12-10-19)18-28-13-5-4-6-14-28;/h7-12,15,21H,4-6,13-14,16-18H2,1-3H3,(H2,24,25,26);1H. The minimum atomic E-state index is 0. The molecule has 2 N–H and O–H groups in total.